The van der Waals surface area contributed by atoms with Crippen molar-refractivity contribution in [2.45, 2.75) is 12.3 Å². The molecule has 0 radical (unpaired) electrons. The predicted molar refractivity (Wildman–Crippen MR) is 85.8 cm³/mol. The number of nitrogens with two attached hydrogens (primary N) is 1. The highest BCUT2D eigenvalue weighted by atomic mass is 16.5. The Morgan fingerprint density at radius 3 is 2.36 bits per heavy atom. The van der Waals surface area contributed by atoms with E-state index in [0.29, 0.717) is 23.8 Å². The van der Waals surface area contributed by atoms with E-state index in [1.54, 1.807) is 27.5 Å². The van der Waals surface area contributed by atoms with Gasteiger partial charge in [0.1, 0.15) is 0 Å². The zero-order valence-electron chi connectivity index (χ0n) is 13.2. The van der Waals surface area contributed by atoms with Crippen molar-refractivity contribution in [2.75, 3.05) is 27.9 Å². The molecule has 2 N–H and O–H groups in total. The van der Waals surface area contributed by atoms with E-state index >= 15 is 0 Å². The summed E-state index contributed by atoms with van der Waals surface area (Å²) in [6, 6.07) is 7.83. The summed E-state index contributed by atoms with van der Waals surface area (Å²) in [5, 5.41) is 0. The molecule has 0 spiro atoms. The van der Waals surface area contributed by atoms with Gasteiger partial charge in [0.25, 0.3) is 0 Å². The average Bonchev–Trinajstić information content (AvgIpc) is 2.59. The Labute approximate surface area is 131 Å². The topological polar surface area (TPSA) is 66.6 Å². The lowest BCUT2D eigenvalue weighted by Crippen LogP contribution is -2.16. The summed E-state index contributed by atoms with van der Waals surface area (Å²) in [7, 11) is 4.83. The van der Waals surface area contributed by atoms with Gasteiger partial charge in [-0.25, -0.2) is 0 Å². The predicted octanol–water partition coefficient (Wildman–Crippen LogP) is 2.39. The molecule has 118 valence electrons. The molecule has 0 saturated heterocycles. The van der Waals surface area contributed by atoms with Crippen LogP contribution in [0.3, 0.4) is 0 Å². The van der Waals surface area contributed by atoms with Gasteiger partial charge in [0.15, 0.2) is 11.5 Å². The van der Waals surface area contributed by atoms with E-state index in [0.717, 1.165) is 17.5 Å². The van der Waals surface area contributed by atoms with Crippen LogP contribution in [-0.4, -0.2) is 32.9 Å². The van der Waals surface area contributed by atoms with Crippen LogP contribution in [-0.2, 0) is 6.42 Å². The molecule has 1 aromatic heterocycles. The number of rotatable bonds is 7. The number of benzene rings is 1. The second-order valence-electron chi connectivity index (χ2n) is 4.92. The summed E-state index contributed by atoms with van der Waals surface area (Å²) in [5.41, 5.74) is 8.13. The van der Waals surface area contributed by atoms with Crippen LogP contribution in [0.5, 0.6) is 17.2 Å². The number of pyridine rings is 1. The van der Waals surface area contributed by atoms with Crippen molar-refractivity contribution in [2.24, 2.45) is 5.73 Å². The Balaban J connectivity index is 2.40. The molecule has 0 amide bonds. The van der Waals surface area contributed by atoms with Crippen molar-refractivity contribution < 1.29 is 14.2 Å². The minimum absolute atomic E-state index is 0.110. The molecule has 0 aliphatic carbocycles. The quantitative estimate of drug-likeness (QED) is 0.850. The molecule has 1 aromatic carbocycles. The summed E-state index contributed by atoms with van der Waals surface area (Å²) >= 11 is 0. The largest absolute Gasteiger partial charge is 0.493 e. The Morgan fingerprint density at radius 2 is 1.82 bits per heavy atom. The van der Waals surface area contributed by atoms with Crippen molar-refractivity contribution in [3.63, 3.8) is 0 Å². The average molecular weight is 302 g/mol. The molecule has 2 aromatic rings. The molecule has 0 aliphatic rings. The van der Waals surface area contributed by atoms with Crippen molar-refractivity contribution in [3.05, 3.63) is 47.8 Å². The van der Waals surface area contributed by atoms with Crippen LogP contribution in [0.25, 0.3) is 0 Å². The van der Waals surface area contributed by atoms with E-state index in [9.17, 15) is 0 Å². The van der Waals surface area contributed by atoms with E-state index in [1.165, 1.54) is 0 Å². The number of nitrogens with zero attached hydrogens (tertiary/aromatic N) is 1. The first-order valence-corrected chi connectivity index (χ1v) is 7.13. The Morgan fingerprint density at radius 1 is 1.05 bits per heavy atom. The first kappa shape index (κ1) is 16.1. The lowest BCUT2D eigenvalue weighted by atomic mass is 9.91. The van der Waals surface area contributed by atoms with Gasteiger partial charge in [-0.15, -0.1) is 0 Å². The van der Waals surface area contributed by atoms with Gasteiger partial charge in [0.2, 0.25) is 5.75 Å². The molecular weight excluding hydrogens is 280 g/mol. The smallest absolute Gasteiger partial charge is 0.203 e. The van der Waals surface area contributed by atoms with E-state index in [2.05, 4.69) is 4.98 Å². The number of ether oxygens (including phenoxy) is 3. The third-order valence-corrected chi connectivity index (χ3v) is 3.66. The molecule has 0 bridgehead atoms. The highest BCUT2D eigenvalue weighted by Crippen LogP contribution is 2.42. The zero-order chi connectivity index (χ0) is 15.9. The second-order valence-corrected chi connectivity index (χ2v) is 4.92. The van der Waals surface area contributed by atoms with Crippen LogP contribution in [0.1, 0.15) is 17.0 Å². The maximum atomic E-state index is 5.99. The van der Waals surface area contributed by atoms with E-state index < -0.39 is 0 Å². The number of hydrogen-bond acceptors (Lipinski definition) is 5. The lowest BCUT2D eigenvalue weighted by molar-refractivity contribution is 0.320. The van der Waals surface area contributed by atoms with Crippen LogP contribution in [0.15, 0.2) is 36.7 Å². The monoisotopic (exact) mass is 302 g/mol. The van der Waals surface area contributed by atoms with Gasteiger partial charge in [0, 0.05) is 23.9 Å². The minimum Gasteiger partial charge on any atom is -0.493 e. The molecule has 22 heavy (non-hydrogen) atoms. The standard InChI is InChI=1S/C17H22N2O3/c1-20-15-7-6-14(16(21-2)17(15)22-3)13(10-18)9-12-5-4-8-19-11-12/h4-8,11,13H,9-10,18H2,1-3H3. The fourth-order valence-corrected chi connectivity index (χ4v) is 2.57. The van der Waals surface area contributed by atoms with Crippen molar-refractivity contribution in [1.29, 1.82) is 0 Å². The Hall–Kier alpha value is -2.27. The molecule has 5 heteroatoms. The minimum atomic E-state index is 0.110. The third kappa shape index (κ3) is 3.31. The summed E-state index contributed by atoms with van der Waals surface area (Å²) in [4.78, 5) is 4.15. The van der Waals surface area contributed by atoms with Crippen molar-refractivity contribution in [1.82, 2.24) is 4.98 Å². The van der Waals surface area contributed by atoms with Gasteiger partial charge in [-0.3, -0.25) is 4.98 Å². The van der Waals surface area contributed by atoms with Crippen LogP contribution in [0, 0.1) is 0 Å². The summed E-state index contributed by atoms with van der Waals surface area (Å²) in [5.74, 6) is 2.01. The van der Waals surface area contributed by atoms with Gasteiger partial charge in [-0.1, -0.05) is 12.1 Å². The molecule has 1 unspecified atom stereocenters. The van der Waals surface area contributed by atoms with Crippen molar-refractivity contribution >= 4 is 0 Å². The Kier molecular flexibility index (Phi) is 5.61. The lowest BCUT2D eigenvalue weighted by Gasteiger charge is -2.21. The number of aromatic nitrogens is 1. The zero-order valence-corrected chi connectivity index (χ0v) is 13.2. The van der Waals surface area contributed by atoms with E-state index in [-0.39, 0.29) is 5.92 Å². The van der Waals surface area contributed by atoms with Gasteiger partial charge < -0.3 is 19.9 Å². The molecule has 1 heterocycles. The third-order valence-electron chi connectivity index (χ3n) is 3.66. The number of methoxy groups -OCH3 is 3. The molecule has 0 fully saturated rings. The molecular formula is C17H22N2O3. The summed E-state index contributed by atoms with van der Waals surface area (Å²) in [6.45, 7) is 0.501. The van der Waals surface area contributed by atoms with Gasteiger partial charge in [0.05, 0.1) is 21.3 Å². The fourth-order valence-electron chi connectivity index (χ4n) is 2.57. The number of hydrogen-bond donors (Lipinski definition) is 1. The van der Waals surface area contributed by atoms with Crippen LogP contribution in [0.2, 0.25) is 0 Å². The van der Waals surface area contributed by atoms with Gasteiger partial charge in [-0.2, -0.15) is 0 Å². The van der Waals surface area contributed by atoms with Crippen LogP contribution in [0.4, 0.5) is 0 Å². The first-order valence-electron chi connectivity index (χ1n) is 7.13. The highest BCUT2D eigenvalue weighted by molar-refractivity contribution is 5.57. The van der Waals surface area contributed by atoms with Crippen molar-refractivity contribution in [3.8, 4) is 17.2 Å². The molecule has 0 aliphatic heterocycles. The molecule has 1 atom stereocenters. The van der Waals surface area contributed by atoms with Gasteiger partial charge >= 0.3 is 0 Å². The molecule has 0 saturated carbocycles. The fraction of sp³-hybridized carbons (Fsp3) is 0.353. The van der Waals surface area contributed by atoms with Crippen LogP contribution >= 0.6 is 0 Å². The Bertz CT molecular complexity index is 602. The normalized spacial score (nSPS) is 11.8. The molecule has 5 nitrogen and oxygen atoms in total. The summed E-state index contributed by atoms with van der Waals surface area (Å²) in [6.07, 6.45) is 4.41. The summed E-state index contributed by atoms with van der Waals surface area (Å²) < 4.78 is 16.3. The van der Waals surface area contributed by atoms with E-state index in [1.807, 2.05) is 30.5 Å². The van der Waals surface area contributed by atoms with E-state index in [4.69, 9.17) is 19.9 Å². The second kappa shape index (κ2) is 7.66. The first-order chi connectivity index (χ1) is 10.7. The maximum absolute atomic E-state index is 5.99. The molecule has 2 rings (SSSR count). The highest BCUT2D eigenvalue weighted by Gasteiger charge is 2.21. The van der Waals surface area contributed by atoms with Crippen LogP contribution < -0.4 is 19.9 Å². The van der Waals surface area contributed by atoms with Gasteiger partial charge in [-0.05, 0) is 30.7 Å². The SMILES string of the molecule is COc1ccc(C(CN)Cc2cccnc2)c(OC)c1OC. The maximum Gasteiger partial charge on any atom is 0.203 e.